The number of aromatic nitrogens is 2. The molecule has 0 saturated heterocycles. The quantitative estimate of drug-likeness (QED) is 0.353. The lowest BCUT2D eigenvalue weighted by atomic mass is 9.77. The first kappa shape index (κ1) is 18.3. The predicted octanol–water partition coefficient (Wildman–Crippen LogP) is 4.49. The molecule has 3 aliphatic heterocycles. The molecule has 0 amide bonds. The molecule has 2 atom stereocenters. The van der Waals surface area contributed by atoms with Crippen LogP contribution < -0.4 is 9.13 Å². The zero-order chi connectivity index (χ0) is 21.6. The highest BCUT2D eigenvalue weighted by molar-refractivity contribution is 5.78. The van der Waals surface area contributed by atoms with E-state index in [0.717, 1.165) is 11.1 Å². The molecular formula is C28H24N2O2+2. The van der Waals surface area contributed by atoms with E-state index in [0.29, 0.717) is 0 Å². The summed E-state index contributed by atoms with van der Waals surface area (Å²) in [5, 5.41) is 0. The summed E-state index contributed by atoms with van der Waals surface area (Å²) in [6, 6.07) is 28.3. The first-order valence-electron chi connectivity index (χ1n) is 11.1. The molecule has 0 aliphatic carbocycles. The van der Waals surface area contributed by atoms with Crippen molar-refractivity contribution in [2.45, 2.75) is 24.8 Å². The van der Waals surface area contributed by atoms with E-state index in [-0.39, 0.29) is 12.1 Å². The molecule has 32 heavy (non-hydrogen) atoms. The molecule has 156 valence electrons. The van der Waals surface area contributed by atoms with Crippen molar-refractivity contribution in [3.05, 3.63) is 95.7 Å². The van der Waals surface area contributed by atoms with Crippen LogP contribution in [0, 0.1) is 6.92 Å². The Kier molecular flexibility index (Phi) is 3.49. The number of pyridine rings is 2. The van der Waals surface area contributed by atoms with Crippen LogP contribution in [0.15, 0.2) is 78.9 Å². The Morgan fingerprint density at radius 2 is 1.22 bits per heavy atom. The molecule has 2 unspecified atom stereocenters. The SMILES string of the molecule is COC1(OC)c2ccccc2-c2cccc3[n+]2C1C1c2c(cccc2-3)-c2cccc(C)[n+]21. The van der Waals surface area contributed by atoms with Gasteiger partial charge in [0.2, 0.25) is 17.1 Å². The van der Waals surface area contributed by atoms with Crippen LogP contribution in [0.4, 0.5) is 0 Å². The van der Waals surface area contributed by atoms with Gasteiger partial charge in [-0.1, -0.05) is 24.3 Å². The lowest BCUT2D eigenvalue weighted by Gasteiger charge is -2.42. The smallest absolute Gasteiger partial charge is 0.282 e. The van der Waals surface area contributed by atoms with Crippen LogP contribution in [0.2, 0.25) is 0 Å². The largest absolute Gasteiger partial charge is 0.344 e. The maximum atomic E-state index is 6.37. The Morgan fingerprint density at radius 1 is 0.656 bits per heavy atom. The third-order valence-corrected chi connectivity index (χ3v) is 7.64. The fraction of sp³-hybridized carbons (Fsp3) is 0.214. The molecule has 4 aromatic rings. The van der Waals surface area contributed by atoms with Crippen molar-refractivity contribution < 1.29 is 18.6 Å². The van der Waals surface area contributed by atoms with Gasteiger partial charge in [-0.05, 0) is 30.3 Å². The number of nitrogens with zero attached hydrogens (tertiary/aromatic N) is 2. The van der Waals surface area contributed by atoms with Crippen LogP contribution in [0.1, 0.15) is 28.9 Å². The van der Waals surface area contributed by atoms with E-state index in [2.05, 4.69) is 94.9 Å². The molecule has 0 bridgehead atoms. The average Bonchev–Trinajstić information content (AvgIpc) is 3.18. The lowest BCUT2D eigenvalue weighted by Crippen LogP contribution is -2.66. The maximum Gasteiger partial charge on any atom is 0.282 e. The topological polar surface area (TPSA) is 26.2 Å². The van der Waals surface area contributed by atoms with Crippen molar-refractivity contribution in [1.82, 2.24) is 0 Å². The van der Waals surface area contributed by atoms with Crippen LogP contribution in [-0.2, 0) is 15.3 Å². The van der Waals surface area contributed by atoms with E-state index in [1.54, 1.807) is 14.2 Å². The summed E-state index contributed by atoms with van der Waals surface area (Å²) in [5.74, 6) is -0.920. The van der Waals surface area contributed by atoms with Crippen LogP contribution in [-0.4, -0.2) is 14.2 Å². The van der Waals surface area contributed by atoms with Gasteiger partial charge in [-0.3, -0.25) is 0 Å². The predicted molar refractivity (Wildman–Crippen MR) is 121 cm³/mol. The molecule has 3 aliphatic rings. The highest BCUT2D eigenvalue weighted by atomic mass is 16.7. The van der Waals surface area contributed by atoms with E-state index < -0.39 is 5.79 Å². The fourth-order valence-corrected chi connectivity index (χ4v) is 6.47. The first-order chi connectivity index (χ1) is 15.7. The third kappa shape index (κ3) is 1.92. The number of aryl methyl sites for hydroxylation is 1. The van der Waals surface area contributed by atoms with Crippen molar-refractivity contribution in [2.24, 2.45) is 0 Å². The van der Waals surface area contributed by atoms with Gasteiger partial charge in [-0.25, -0.2) is 0 Å². The van der Waals surface area contributed by atoms with E-state index in [4.69, 9.17) is 9.47 Å². The van der Waals surface area contributed by atoms with Gasteiger partial charge in [-0.2, -0.15) is 9.13 Å². The monoisotopic (exact) mass is 420 g/mol. The summed E-state index contributed by atoms with van der Waals surface area (Å²) in [7, 11) is 3.54. The van der Waals surface area contributed by atoms with Crippen LogP contribution in [0.3, 0.4) is 0 Å². The van der Waals surface area contributed by atoms with E-state index in [1.165, 1.54) is 39.5 Å². The van der Waals surface area contributed by atoms with Gasteiger partial charge in [0.1, 0.15) is 0 Å². The summed E-state index contributed by atoms with van der Waals surface area (Å²) < 4.78 is 17.7. The van der Waals surface area contributed by atoms with Crippen LogP contribution in [0.5, 0.6) is 0 Å². The molecule has 4 nitrogen and oxygen atoms in total. The van der Waals surface area contributed by atoms with Gasteiger partial charge in [0.15, 0.2) is 5.69 Å². The van der Waals surface area contributed by atoms with Crippen molar-refractivity contribution in [2.75, 3.05) is 14.2 Å². The molecule has 0 saturated carbocycles. The zero-order valence-electron chi connectivity index (χ0n) is 18.4. The number of hydrogen-bond donors (Lipinski definition) is 0. The van der Waals surface area contributed by atoms with Crippen molar-refractivity contribution in [3.63, 3.8) is 0 Å². The Labute approximate surface area is 187 Å². The van der Waals surface area contributed by atoms with Gasteiger partial charge >= 0.3 is 0 Å². The lowest BCUT2D eigenvalue weighted by molar-refractivity contribution is -0.818. The maximum absolute atomic E-state index is 6.37. The van der Waals surface area contributed by atoms with Crippen molar-refractivity contribution in [3.8, 4) is 33.8 Å². The minimum Gasteiger partial charge on any atom is -0.344 e. The van der Waals surface area contributed by atoms with E-state index in [1.807, 2.05) is 0 Å². The summed E-state index contributed by atoms with van der Waals surface area (Å²) >= 11 is 0. The molecule has 7 rings (SSSR count). The number of fused-ring (bicyclic) bond motifs is 7. The summed E-state index contributed by atoms with van der Waals surface area (Å²) in [5.41, 5.74) is 11.1. The van der Waals surface area contributed by atoms with E-state index >= 15 is 0 Å². The Hall–Kier alpha value is -3.34. The molecule has 0 N–H and O–H groups in total. The Bertz CT molecular complexity index is 1440. The molecule has 0 radical (unpaired) electrons. The highest BCUT2D eigenvalue weighted by Crippen LogP contribution is 2.55. The molecule has 4 heteroatoms. The van der Waals surface area contributed by atoms with Gasteiger partial charge in [0.25, 0.3) is 17.9 Å². The average molecular weight is 421 g/mol. The second kappa shape index (κ2) is 6.12. The van der Waals surface area contributed by atoms with Gasteiger partial charge in [-0.15, -0.1) is 0 Å². The number of benzene rings is 2. The summed E-state index contributed by atoms with van der Waals surface area (Å²) in [6.07, 6.45) is 0. The molecule has 0 fully saturated rings. The zero-order valence-corrected chi connectivity index (χ0v) is 18.4. The molecule has 5 heterocycles. The number of rotatable bonds is 2. The number of methoxy groups -OCH3 is 2. The van der Waals surface area contributed by atoms with Crippen LogP contribution in [0.25, 0.3) is 33.8 Å². The Balaban J connectivity index is 1.69. The molecule has 2 aromatic carbocycles. The number of hydrogen-bond acceptors (Lipinski definition) is 2. The highest BCUT2D eigenvalue weighted by Gasteiger charge is 2.66. The molecule has 2 aromatic heterocycles. The van der Waals surface area contributed by atoms with Gasteiger partial charge in [0.05, 0.1) is 22.3 Å². The third-order valence-electron chi connectivity index (χ3n) is 7.64. The van der Waals surface area contributed by atoms with Gasteiger partial charge in [0, 0.05) is 51.0 Å². The summed E-state index contributed by atoms with van der Waals surface area (Å²) in [6.45, 7) is 2.19. The standard InChI is InChI=1S/C28H24N2O2/c1-17-9-6-14-23-19-11-7-12-20-24-16-8-15-22-18-10-4-5-13-21(18)28(31-2,32-3)27(30(22)24)26(25(19)20)29(17)23/h4-16,26-27H,1-3H3/q+2. The fourth-order valence-electron chi connectivity index (χ4n) is 6.47. The Morgan fingerprint density at radius 3 is 1.94 bits per heavy atom. The van der Waals surface area contributed by atoms with Crippen molar-refractivity contribution in [1.29, 1.82) is 0 Å². The second-order valence-electron chi connectivity index (χ2n) is 8.87. The molecular weight excluding hydrogens is 396 g/mol. The molecule has 0 spiro atoms. The first-order valence-corrected chi connectivity index (χ1v) is 11.1. The van der Waals surface area contributed by atoms with E-state index in [9.17, 15) is 0 Å². The normalized spacial score (nSPS) is 20.2. The van der Waals surface area contributed by atoms with Gasteiger partial charge < -0.3 is 9.47 Å². The van der Waals surface area contributed by atoms with Crippen LogP contribution >= 0.6 is 0 Å². The minimum atomic E-state index is -0.920. The van der Waals surface area contributed by atoms with Crippen molar-refractivity contribution >= 4 is 0 Å². The summed E-state index contributed by atoms with van der Waals surface area (Å²) in [4.78, 5) is 0. The minimum absolute atomic E-state index is 0.0595. The number of ether oxygens (including phenoxy) is 2. The second-order valence-corrected chi connectivity index (χ2v) is 8.87.